The number of aromatic nitrogens is 2. The quantitative estimate of drug-likeness (QED) is 0.528. The number of carbonyl (C=O) groups is 1. The van der Waals surface area contributed by atoms with Gasteiger partial charge in [0.05, 0.1) is 6.33 Å². The number of imidazole rings is 1. The van der Waals surface area contributed by atoms with E-state index in [4.69, 9.17) is 0 Å². The van der Waals surface area contributed by atoms with Gasteiger partial charge in [0.1, 0.15) is 0 Å². The Labute approximate surface area is 129 Å². The summed E-state index contributed by atoms with van der Waals surface area (Å²) in [4.78, 5) is 16.0. The lowest BCUT2D eigenvalue weighted by Gasteiger charge is -2.02. The molecule has 0 saturated heterocycles. The minimum atomic E-state index is 0.0168. The lowest BCUT2D eigenvalue weighted by molar-refractivity contribution is 0.104. The predicted octanol–water partition coefficient (Wildman–Crippen LogP) is 3.83. The molecule has 0 saturated carbocycles. The Morgan fingerprint density at radius 2 is 1.82 bits per heavy atom. The Kier molecular flexibility index (Phi) is 4.25. The molecule has 0 aliphatic carbocycles. The number of hydrogen-bond donors (Lipinski definition) is 0. The van der Waals surface area contributed by atoms with E-state index in [9.17, 15) is 4.79 Å². The van der Waals surface area contributed by atoms with E-state index in [0.29, 0.717) is 5.56 Å². The molecule has 2 aromatic carbocycles. The second-order valence-corrected chi connectivity index (χ2v) is 5.04. The van der Waals surface area contributed by atoms with Crippen molar-refractivity contribution in [1.82, 2.24) is 9.55 Å². The van der Waals surface area contributed by atoms with Crippen molar-refractivity contribution < 1.29 is 4.79 Å². The van der Waals surface area contributed by atoms with Gasteiger partial charge in [0.25, 0.3) is 0 Å². The summed E-state index contributed by atoms with van der Waals surface area (Å²) in [6.07, 6.45) is 8.96. The van der Waals surface area contributed by atoms with Crippen molar-refractivity contribution in [3.8, 4) is 0 Å². The van der Waals surface area contributed by atoms with Gasteiger partial charge in [-0.3, -0.25) is 4.79 Å². The molecule has 3 rings (SSSR count). The molecule has 0 radical (unpaired) electrons. The summed E-state index contributed by atoms with van der Waals surface area (Å²) >= 11 is 0. The van der Waals surface area contributed by atoms with Crippen LogP contribution in [0.2, 0.25) is 0 Å². The second-order valence-electron chi connectivity index (χ2n) is 5.04. The lowest BCUT2D eigenvalue weighted by atomic mass is 10.1. The van der Waals surface area contributed by atoms with Crippen molar-refractivity contribution >= 4 is 11.9 Å². The van der Waals surface area contributed by atoms with Gasteiger partial charge < -0.3 is 4.57 Å². The number of carbonyl (C=O) groups excluding carboxylic acids is 1. The van der Waals surface area contributed by atoms with Gasteiger partial charge in [-0.15, -0.1) is 0 Å². The maximum Gasteiger partial charge on any atom is 0.185 e. The van der Waals surface area contributed by atoms with Crippen LogP contribution in [0.25, 0.3) is 6.08 Å². The van der Waals surface area contributed by atoms with Gasteiger partial charge in [-0.05, 0) is 17.2 Å². The fourth-order valence-electron chi connectivity index (χ4n) is 2.20. The molecule has 0 N–H and O–H groups in total. The Morgan fingerprint density at radius 3 is 2.50 bits per heavy atom. The number of rotatable bonds is 5. The standard InChI is InChI=1S/C19H16N2O/c22-19(18-4-2-1-3-5-18)11-10-16-6-8-17(9-7-16)14-21-13-12-20-15-21/h1-13,15H,14H2/b11-10+. The molecule has 0 aliphatic rings. The highest BCUT2D eigenvalue weighted by atomic mass is 16.1. The lowest BCUT2D eigenvalue weighted by Crippen LogP contribution is -1.96. The van der Waals surface area contributed by atoms with E-state index in [-0.39, 0.29) is 5.78 Å². The number of nitrogens with zero attached hydrogens (tertiary/aromatic N) is 2. The third-order valence-corrected chi connectivity index (χ3v) is 3.39. The molecular formula is C19H16N2O. The van der Waals surface area contributed by atoms with E-state index in [2.05, 4.69) is 17.1 Å². The van der Waals surface area contributed by atoms with E-state index in [1.807, 2.05) is 59.3 Å². The smallest absolute Gasteiger partial charge is 0.185 e. The van der Waals surface area contributed by atoms with Crippen LogP contribution in [0.1, 0.15) is 21.5 Å². The number of ketones is 1. The zero-order chi connectivity index (χ0) is 15.2. The van der Waals surface area contributed by atoms with Crippen LogP contribution < -0.4 is 0 Å². The highest BCUT2D eigenvalue weighted by Crippen LogP contribution is 2.09. The van der Waals surface area contributed by atoms with Gasteiger partial charge in [0, 0.05) is 24.5 Å². The fourth-order valence-corrected chi connectivity index (χ4v) is 2.20. The Morgan fingerprint density at radius 1 is 1.05 bits per heavy atom. The van der Waals surface area contributed by atoms with Gasteiger partial charge in [-0.25, -0.2) is 4.98 Å². The van der Waals surface area contributed by atoms with E-state index in [0.717, 1.165) is 12.1 Å². The molecule has 3 heteroatoms. The first-order chi connectivity index (χ1) is 10.8. The van der Waals surface area contributed by atoms with E-state index >= 15 is 0 Å². The molecule has 3 nitrogen and oxygen atoms in total. The number of allylic oxidation sites excluding steroid dienone is 1. The first kappa shape index (κ1) is 14.0. The number of hydrogen-bond acceptors (Lipinski definition) is 2. The van der Waals surface area contributed by atoms with E-state index in [1.165, 1.54) is 5.56 Å². The van der Waals surface area contributed by atoms with Crippen molar-refractivity contribution in [3.63, 3.8) is 0 Å². The molecule has 0 spiro atoms. The molecule has 22 heavy (non-hydrogen) atoms. The largest absolute Gasteiger partial charge is 0.333 e. The van der Waals surface area contributed by atoms with E-state index < -0.39 is 0 Å². The zero-order valence-corrected chi connectivity index (χ0v) is 12.1. The average Bonchev–Trinajstić information content (AvgIpc) is 3.08. The summed E-state index contributed by atoms with van der Waals surface area (Å²) in [5.41, 5.74) is 2.92. The van der Waals surface area contributed by atoms with Gasteiger partial charge >= 0.3 is 0 Å². The minimum Gasteiger partial charge on any atom is -0.333 e. The van der Waals surface area contributed by atoms with Gasteiger partial charge in [0.2, 0.25) is 0 Å². The molecule has 3 aromatic rings. The van der Waals surface area contributed by atoms with Crippen LogP contribution in [-0.4, -0.2) is 15.3 Å². The van der Waals surface area contributed by atoms with E-state index in [1.54, 1.807) is 18.6 Å². The molecule has 1 aromatic heterocycles. The monoisotopic (exact) mass is 288 g/mol. The van der Waals surface area contributed by atoms with Crippen molar-refractivity contribution in [2.24, 2.45) is 0 Å². The Bertz CT molecular complexity index is 757. The normalized spacial score (nSPS) is 10.9. The van der Waals surface area contributed by atoms with Crippen molar-refractivity contribution in [3.05, 3.63) is 96.1 Å². The van der Waals surface area contributed by atoms with Crippen molar-refractivity contribution in [2.45, 2.75) is 6.54 Å². The molecule has 0 fully saturated rings. The van der Waals surface area contributed by atoms with Crippen LogP contribution >= 0.6 is 0 Å². The predicted molar refractivity (Wildman–Crippen MR) is 87.6 cm³/mol. The summed E-state index contributed by atoms with van der Waals surface area (Å²) in [6.45, 7) is 0.799. The number of benzene rings is 2. The third-order valence-electron chi connectivity index (χ3n) is 3.39. The average molecular weight is 288 g/mol. The van der Waals surface area contributed by atoms with Gasteiger partial charge in [-0.1, -0.05) is 60.7 Å². The van der Waals surface area contributed by atoms with Crippen molar-refractivity contribution in [2.75, 3.05) is 0 Å². The fraction of sp³-hybridized carbons (Fsp3) is 0.0526. The van der Waals surface area contributed by atoms with Crippen LogP contribution in [0, 0.1) is 0 Å². The molecule has 108 valence electrons. The topological polar surface area (TPSA) is 34.9 Å². The zero-order valence-electron chi connectivity index (χ0n) is 12.1. The molecule has 1 heterocycles. The molecule has 0 bridgehead atoms. The molecule has 0 unspecified atom stereocenters. The second kappa shape index (κ2) is 6.68. The summed E-state index contributed by atoms with van der Waals surface area (Å²) in [7, 11) is 0. The summed E-state index contributed by atoms with van der Waals surface area (Å²) in [6, 6.07) is 17.4. The van der Waals surface area contributed by atoms with Crippen LogP contribution in [0.5, 0.6) is 0 Å². The van der Waals surface area contributed by atoms with Gasteiger partial charge in [-0.2, -0.15) is 0 Å². The molecule has 0 aliphatic heterocycles. The SMILES string of the molecule is O=C(/C=C/c1ccc(Cn2ccnc2)cc1)c1ccccc1. The molecule has 0 atom stereocenters. The minimum absolute atomic E-state index is 0.0168. The summed E-state index contributed by atoms with van der Waals surface area (Å²) in [5.74, 6) is 0.0168. The Balaban J connectivity index is 1.66. The molecule has 0 amide bonds. The third kappa shape index (κ3) is 3.58. The highest BCUT2D eigenvalue weighted by Gasteiger charge is 1.99. The van der Waals surface area contributed by atoms with Crippen LogP contribution in [0.3, 0.4) is 0 Å². The Hall–Kier alpha value is -2.94. The van der Waals surface area contributed by atoms with Crippen LogP contribution in [-0.2, 0) is 6.54 Å². The van der Waals surface area contributed by atoms with Gasteiger partial charge in [0.15, 0.2) is 5.78 Å². The maximum absolute atomic E-state index is 12.0. The highest BCUT2D eigenvalue weighted by molar-refractivity contribution is 6.06. The summed E-state index contributed by atoms with van der Waals surface area (Å²) < 4.78 is 2.02. The summed E-state index contributed by atoms with van der Waals surface area (Å²) in [5, 5.41) is 0. The maximum atomic E-state index is 12.0. The van der Waals surface area contributed by atoms with Crippen LogP contribution in [0.15, 0.2) is 79.4 Å². The van der Waals surface area contributed by atoms with Crippen LogP contribution in [0.4, 0.5) is 0 Å². The van der Waals surface area contributed by atoms with Crippen molar-refractivity contribution in [1.29, 1.82) is 0 Å². The first-order valence-corrected chi connectivity index (χ1v) is 7.13. The first-order valence-electron chi connectivity index (χ1n) is 7.13. The molecular weight excluding hydrogens is 272 g/mol.